The Hall–Kier alpha value is -2.50. The molecule has 27 heavy (non-hydrogen) atoms. The summed E-state index contributed by atoms with van der Waals surface area (Å²) in [4.78, 5) is 20.1. The summed E-state index contributed by atoms with van der Waals surface area (Å²) < 4.78 is 7.74. The molecular formula is C22H23N3O2. The van der Waals surface area contributed by atoms with E-state index in [4.69, 9.17) is 4.74 Å². The highest BCUT2D eigenvalue weighted by molar-refractivity contribution is 5.97. The number of hydrogen-bond acceptors (Lipinski definition) is 4. The molecule has 2 fully saturated rings. The summed E-state index contributed by atoms with van der Waals surface area (Å²) in [6.07, 6.45) is 5.33. The van der Waals surface area contributed by atoms with Crippen molar-refractivity contribution in [2.75, 3.05) is 13.2 Å². The first-order valence-electron chi connectivity index (χ1n) is 9.63. The molecular weight excluding hydrogens is 338 g/mol. The zero-order valence-electron chi connectivity index (χ0n) is 15.2. The van der Waals surface area contributed by atoms with Gasteiger partial charge in [0.1, 0.15) is 5.65 Å². The number of nitrogens with zero attached hydrogens (tertiary/aromatic N) is 3. The van der Waals surface area contributed by atoms with E-state index in [1.54, 1.807) is 6.20 Å². The number of rotatable bonds is 4. The average Bonchev–Trinajstić information content (AvgIpc) is 3.17. The number of carbonyl (C=O) groups excluding carboxylic acids is 1. The van der Waals surface area contributed by atoms with E-state index in [1.807, 2.05) is 28.8 Å². The van der Waals surface area contributed by atoms with Crippen LogP contribution in [0.15, 0.2) is 60.9 Å². The van der Waals surface area contributed by atoms with Gasteiger partial charge < -0.3 is 4.74 Å². The molecule has 3 aromatic rings. The van der Waals surface area contributed by atoms with Crippen molar-refractivity contribution in [3.63, 3.8) is 0 Å². The Morgan fingerprint density at radius 2 is 1.81 bits per heavy atom. The first kappa shape index (κ1) is 16.7. The van der Waals surface area contributed by atoms with Gasteiger partial charge >= 0.3 is 0 Å². The lowest BCUT2D eigenvalue weighted by atomic mass is 9.81. The van der Waals surface area contributed by atoms with Crippen LogP contribution in [0.4, 0.5) is 0 Å². The van der Waals surface area contributed by atoms with Crippen molar-refractivity contribution < 1.29 is 9.53 Å². The minimum absolute atomic E-state index is 0.0453. The molecule has 2 aromatic heterocycles. The van der Waals surface area contributed by atoms with E-state index >= 15 is 0 Å². The first-order chi connectivity index (χ1) is 13.3. The molecule has 0 amide bonds. The zero-order chi connectivity index (χ0) is 18.2. The number of pyridine rings is 1. The van der Waals surface area contributed by atoms with Crippen LogP contribution in [-0.2, 0) is 11.3 Å². The Bertz CT molecular complexity index is 938. The average molecular weight is 361 g/mol. The van der Waals surface area contributed by atoms with Crippen molar-refractivity contribution in [3.05, 3.63) is 72.2 Å². The Balaban J connectivity index is 1.38. The van der Waals surface area contributed by atoms with E-state index in [2.05, 4.69) is 40.2 Å². The van der Waals surface area contributed by atoms with Crippen LogP contribution in [0.2, 0.25) is 0 Å². The van der Waals surface area contributed by atoms with Gasteiger partial charge in [0.15, 0.2) is 5.78 Å². The largest absolute Gasteiger partial charge is 0.378 e. The third kappa shape index (κ3) is 3.07. The fourth-order valence-electron chi connectivity index (χ4n) is 4.61. The molecule has 5 nitrogen and oxygen atoms in total. The van der Waals surface area contributed by atoms with Crippen molar-refractivity contribution in [3.8, 4) is 0 Å². The van der Waals surface area contributed by atoms with E-state index in [-0.39, 0.29) is 11.7 Å². The molecule has 5 heteroatoms. The summed E-state index contributed by atoms with van der Waals surface area (Å²) >= 11 is 0. The molecule has 2 atom stereocenters. The van der Waals surface area contributed by atoms with Crippen LogP contribution < -0.4 is 0 Å². The van der Waals surface area contributed by atoms with Gasteiger partial charge in [-0.25, -0.2) is 4.98 Å². The Labute approximate surface area is 158 Å². The number of carbonyl (C=O) groups is 1. The van der Waals surface area contributed by atoms with E-state index in [0.717, 1.165) is 30.7 Å². The van der Waals surface area contributed by atoms with Crippen LogP contribution in [0.3, 0.4) is 0 Å². The SMILES string of the molecule is O=C(c1cccc2nccn12)C1CC2COCC(C1)N2Cc1ccccc1. The molecule has 2 bridgehead atoms. The van der Waals surface area contributed by atoms with Gasteiger partial charge in [-0.15, -0.1) is 0 Å². The monoisotopic (exact) mass is 361 g/mol. The number of hydrogen-bond donors (Lipinski definition) is 0. The van der Waals surface area contributed by atoms with Crippen LogP contribution >= 0.6 is 0 Å². The summed E-state index contributed by atoms with van der Waals surface area (Å²) in [7, 11) is 0. The van der Waals surface area contributed by atoms with Crippen LogP contribution in [0.5, 0.6) is 0 Å². The van der Waals surface area contributed by atoms with Crippen LogP contribution in [0, 0.1) is 5.92 Å². The number of Topliss-reactive ketones (excluding diaryl/α,β-unsaturated/α-hetero) is 1. The molecule has 0 saturated carbocycles. The summed E-state index contributed by atoms with van der Waals surface area (Å²) in [6.45, 7) is 2.35. The second-order valence-corrected chi connectivity index (χ2v) is 7.60. The molecule has 2 aliphatic rings. The van der Waals surface area contributed by atoms with Gasteiger partial charge in [0.2, 0.25) is 0 Å². The number of fused-ring (bicyclic) bond motifs is 3. The summed E-state index contributed by atoms with van der Waals surface area (Å²) in [5.41, 5.74) is 2.89. The predicted octanol–water partition coefficient (Wildman–Crippen LogP) is 3.20. The second kappa shape index (κ2) is 6.91. The topological polar surface area (TPSA) is 46.8 Å². The van der Waals surface area contributed by atoms with Crippen molar-refractivity contribution in [1.29, 1.82) is 0 Å². The van der Waals surface area contributed by atoms with E-state index in [0.29, 0.717) is 25.3 Å². The minimum Gasteiger partial charge on any atom is -0.378 e. The molecule has 1 aromatic carbocycles. The fraction of sp³-hybridized carbons (Fsp3) is 0.364. The van der Waals surface area contributed by atoms with Crippen LogP contribution in [0.1, 0.15) is 28.9 Å². The predicted molar refractivity (Wildman–Crippen MR) is 103 cm³/mol. The Kier molecular flexibility index (Phi) is 4.26. The third-order valence-electron chi connectivity index (χ3n) is 5.93. The number of ether oxygens (including phenoxy) is 1. The number of piperidine rings is 1. The van der Waals surface area contributed by atoms with E-state index in [9.17, 15) is 4.79 Å². The Morgan fingerprint density at radius 1 is 1.04 bits per heavy atom. The lowest BCUT2D eigenvalue weighted by Crippen LogP contribution is -2.57. The van der Waals surface area contributed by atoms with Gasteiger partial charge in [-0.1, -0.05) is 36.4 Å². The Morgan fingerprint density at radius 3 is 2.59 bits per heavy atom. The van der Waals surface area contributed by atoms with Gasteiger partial charge in [0.05, 0.1) is 18.9 Å². The molecule has 0 spiro atoms. The van der Waals surface area contributed by atoms with Gasteiger partial charge in [0, 0.05) is 36.9 Å². The van der Waals surface area contributed by atoms with Crippen LogP contribution in [0.25, 0.3) is 5.65 Å². The fourth-order valence-corrected chi connectivity index (χ4v) is 4.61. The number of aromatic nitrogens is 2. The molecule has 2 saturated heterocycles. The molecule has 2 unspecified atom stereocenters. The molecule has 0 radical (unpaired) electrons. The standard InChI is InChI=1S/C22H23N3O2/c26-22(20-7-4-8-21-23-9-10-24(20)21)17-11-18-14-27-15-19(12-17)25(18)13-16-5-2-1-3-6-16/h1-10,17-19H,11-15H2. The molecule has 5 rings (SSSR count). The highest BCUT2D eigenvalue weighted by Gasteiger charge is 2.41. The van der Waals surface area contributed by atoms with Gasteiger partial charge in [0.25, 0.3) is 0 Å². The molecule has 4 heterocycles. The highest BCUT2D eigenvalue weighted by Crippen LogP contribution is 2.34. The lowest BCUT2D eigenvalue weighted by Gasteiger charge is -2.48. The molecule has 138 valence electrons. The summed E-state index contributed by atoms with van der Waals surface area (Å²) in [6, 6.07) is 16.9. The molecule has 0 N–H and O–H groups in total. The normalized spacial score (nSPS) is 25.6. The maximum atomic E-state index is 13.3. The maximum absolute atomic E-state index is 13.3. The number of ketones is 1. The molecule has 0 aliphatic carbocycles. The summed E-state index contributed by atoms with van der Waals surface area (Å²) in [5.74, 6) is 0.277. The van der Waals surface area contributed by atoms with E-state index < -0.39 is 0 Å². The van der Waals surface area contributed by atoms with Gasteiger partial charge in [-0.3, -0.25) is 14.1 Å². The second-order valence-electron chi connectivity index (χ2n) is 7.60. The number of imidazole rings is 1. The van der Waals surface area contributed by atoms with Crippen LogP contribution in [-0.4, -0.2) is 45.4 Å². The minimum atomic E-state index is 0.0453. The quantitative estimate of drug-likeness (QED) is 0.670. The summed E-state index contributed by atoms with van der Waals surface area (Å²) in [5, 5.41) is 0. The van der Waals surface area contributed by atoms with Crippen molar-refractivity contribution in [2.45, 2.75) is 31.5 Å². The van der Waals surface area contributed by atoms with E-state index in [1.165, 1.54) is 5.56 Å². The maximum Gasteiger partial charge on any atom is 0.182 e. The van der Waals surface area contributed by atoms with Crippen molar-refractivity contribution in [2.24, 2.45) is 5.92 Å². The van der Waals surface area contributed by atoms with Crippen molar-refractivity contribution in [1.82, 2.24) is 14.3 Å². The lowest BCUT2D eigenvalue weighted by molar-refractivity contribution is -0.0873. The first-order valence-corrected chi connectivity index (χ1v) is 9.63. The van der Waals surface area contributed by atoms with Gasteiger partial charge in [-0.05, 0) is 30.5 Å². The zero-order valence-corrected chi connectivity index (χ0v) is 15.2. The number of benzene rings is 1. The van der Waals surface area contributed by atoms with Crippen molar-refractivity contribution >= 4 is 11.4 Å². The number of morpholine rings is 1. The third-order valence-corrected chi connectivity index (χ3v) is 5.93. The smallest absolute Gasteiger partial charge is 0.182 e. The molecule has 2 aliphatic heterocycles. The van der Waals surface area contributed by atoms with Gasteiger partial charge in [-0.2, -0.15) is 0 Å². The highest BCUT2D eigenvalue weighted by atomic mass is 16.5.